The molecule has 0 aliphatic heterocycles. The Kier molecular flexibility index (Phi) is 11.5. The van der Waals surface area contributed by atoms with E-state index < -0.39 is 0 Å². The number of aromatic nitrogens is 3. The molecule has 0 radical (unpaired) electrons. The van der Waals surface area contributed by atoms with Gasteiger partial charge in [0.25, 0.3) is 0 Å². The second-order valence-electron chi connectivity index (χ2n) is 16.0. The molecule has 0 saturated heterocycles. The molecule has 0 unspecified atom stereocenters. The van der Waals surface area contributed by atoms with Gasteiger partial charge in [0.2, 0.25) is 0 Å². The zero-order valence-electron chi connectivity index (χ0n) is 36.3. The van der Waals surface area contributed by atoms with E-state index in [1.165, 1.54) is 33.4 Å². The first-order chi connectivity index (χ1) is 30.7. The molecule has 64 heavy (non-hydrogen) atoms. The summed E-state index contributed by atoms with van der Waals surface area (Å²) in [5.41, 5.74) is 18.0. The molecular formula is C57H42IrN3O3. The van der Waals surface area contributed by atoms with Crippen molar-refractivity contribution in [1.82, 2.24) is 15.0 Å². The number of pyridine rings is 3. The SMILES string of the molecule is Cc1cnc(-c2[c-]ccc3c2oc2ccccc23)cc1C.Cc1cnc(-c2[c-]ccc3c2oc2ccccc23)cc1C.Cc1cnc(-c2[c-]ccc3c2oc2ccccc23)cc1C.[Ir+3]. The Labute approximate surface area is 385 Å². The minimum absolute atomic E-state index is 0. The topological polar surface area (TPSA) is 78.1 Å². The third kappa shape index (κ3) is 7.78. The molecule has 6 aromatic carbocycles. The summed E-state index contributed by atoms with van der Waals surface area (Å²) in [6, 6.07) is 52.4. The van der Waals surface area contributed by atoms with Gasteiger partial charge in [-0.2, -0.15) is 0 Å². The number of rotatable bonds is 3. The molecule has 12 aromatic rings. The van der Waals surface area contributed by atoms with E-state index in [1.54, 1.807) is 0 Å². The largest absolute Gasteiger partial charge is 3.00 e. The molecule has 0 amide bonds. The predicted molar refractivity (Wildman–Crippen MR) is 256 cm³/mol. The quantitative estimate of drug-likeness (QED) is 0.164. The maximum absolute atomic E-state index is 6.04. The molecule has 0 bridgehead atoms. The fourth-order valence-corrected chi connectivity index (χ4v) is 7.93. The van der Waals surface area contributed by atoms with E-state index in [4.69, 9.17) is 13.3 Å². The average Bonchev–Trinajstić information content (AvgIpc) is 4.01. The van der Waals surface area contributed by atoms with Crippen molar-refractivity contribution < 1.29 is 33.4 Å². The Hall–Kier alpha value is -7.18. The van der Waals surface area contributed by atoms with Crippen molar-refractivity contribution in [3.63, 3.8) is 0 Å². The van der Waals surface area contributed by atoms with Crippen LogP contribution >= 0.6 is 0 Å². The van der Waals surface area contributed by atoms with E-state index in [0.29, 0.717) is 0 Å². The van der Waals surface area contributed by atoms with Crippen LogP contribution in [0.2, 0.25) is 0 Å². The normalized spacial score (nSPS) is 11.2. The Balaban J connectivity index is 0.000000121. The van der Waals surface area contributed by atoms with Crippen LogP contribution in [0.5, 0.6) is 0 Å². The summed E-state index contributed by atoms with van der Waals surface area (Å²) in [6.45, 7) is 12.5. The second kappa shape index (κ2) is 17.5. The first kappa shape index (κ1) is 42.1. The summed E-state index contributed by atoms with van der Waals surface area (Å²) in [7, 11) is 0. The van der Waals surface area contributed by atoms with E-state index in [-0.39, 0.29) is 20.1 Å². The third-order valence-electron chi connectivity index (χ3n) is 11.9. The Morgan fingerprint density at radius 3 is 0.906 bits per heavy atom. The van der Waals surface area contributed by atoms with E-state index in [1.807, 2.05) is 110 Å². The Morgan fingerprint density at radius 1 is 0.344 bits per heavy atom. The molecule has 0 saturated carbocycles. The summed E-state index contributed by atoms with van der Waals surface area (Å²) in [5.74, 6) is 0. The number of furan rings is 3. The fourth-order valence-electron chi connectivity index (χ4n) is 7.93. The molecule has 0 aliphatic rings. The van der Waals surface area contributed by atoms with Crippen molar-refractivity contribution in [2.24, 2.45) is 0 Å². The van der Waals surface area contributed by atoms with Crippen molar-refractivity contribution in [3.8, 4) is 33.8 Å². The van der Waals surface area contributed by atoms with E-state index >= 15 is 0 Å². The van der Waals surface area contributed by atoms with Gasteiger partial charge in [-0.1, -0.05) is 122 Å². The van der Waals surface area contributed by atoms with Gasteiger partial charge in [-0.25, -0.2) is 0 Å². The van der Waals surface area contributed by atoms with Crippen LogP contribution in [0.3, 0.4) is 0 Å². The van der Waals surface area contributed by atoms with Crippen LogP contribution < -0.4 is 0 Å². The minimum atomic E-state index is 0. The van der Waals surface area contributed by atoms with E-state index in [2.05, 4.69) is 111 Å². The van der Waals surface area contributed by atoms with Crippen molar-refractivity contribution in [2.75, 3.05) is 0 Å². The number of nitrogens with zero attached hydrogens (tertiary/aromatic N) is 3. The number of para-hydroxylation sites is 3. The molecule has 6 heterocycles. The summed E-state index contributed by atoms with van der Waals surface area (Å²) in [4.78, 5) is 13.6. The van der Waals surface area contributed by atoms with Crippen molar-refractivity contribution in [1.29, 1.82) is 0 Å². The van der Waals surface area contributed by atoms with Crippen molar-refractivity contribution >= 4 is 65.8 Å². The van der Waals surface area contributed by atoms with E-state index in [0.717, 1.165) is 99.6 Å². The van der Waals surface area contributed by atoms with Gasteiger partial charge in [0.1, 0.15) is 16.7 Å². The predicted octanol–water partition coefficient (Wildman–Crippen LogP) is 15.2. The van der Waals surface area contributed by atoms with Crippen LogP contribution in [0.4, 0.5) is 0 Å². The fraction of sp³-hybridized carbons (Fsp3) is 0.105. The van der Waals surface area contributed by atoms with Gasteiger partial charge in [0, 0.05) is 34.7 Å². The monoisotopic (exact) mass is 1010 g/mol. The van der Waals surface area contributed by atoms with Crippen LogP contribution in [0, 0.1) is 59.7 Å². The summed E-state index contributed by atoms with van der Waals surface area (Å²) >= 11 is 0. The zero-order valence-corrected chi connectivity index (χ0v) is 38.7. The average molecular weight is 1010 g/mol. The molecule has 0 aliphatic carbocycles. The van der Waals surface area contributed by atoms with Crippen molar-refractivity contribution in [2.45, 2.75) is 41.5 Å². The van der Waals surface area contributed by atoms with Crippen LogP contribution in [0.25, 0.3) is 99.6 Å². The second-order valence-corrected chi connectivity index (χ2v) is 16.0. The molecular weight excluding hydrogens is 967 g/mol. The van der Waals surface area contributed by atoms with Gasteiger partial charge < -0.3 is 28.2 Å². The van der Waals surface area contributed by atoms with Crippen LogP contribution in [0.1, 0.15) is 33.4 Å². The summed E-state index contributed by atoms with van der Waals surface area (Å²) in [5, 5.41) is 6.72. The maximum atomic E-state index is 6.04. The Bertz CT molecular complexity index is 3290. The molecule has 12 rings (SSSR count). The number of fused-ring (bicyclic) bond motifs is 9. The Morgan fingerprint density at radius 2 is 0.625 bits per heavy atom. The first-order valence-electron chi connectivity index (χ1n) is 21.0. The van der Waals surface area contributed by atoms with Gasteiger partial charge in [-0.15, -0.1) is 54.6 Å². The molecule has 0 N–H and O–H groups in total. The van der Waals surface area contributed by atoms with Crippen LogP contribution in [-0.4, -0.2) is 15.0 Å². The summed E-state index contributed by atoms with van der Waals surface area (Å²) < 4.78 is 18.1. The van der Waals surface area contributed by atoms with Gasteiger partial charge in [-0.05, 0) is 93.5 Å². The minimum Gasteiger partial charge on any atom is -0.501 e. The maximum Gasteiger partial charge on any atom is 3.00 e. The number of aryl methyl sites for hydroxylation is 6. The zero-order chi connectivity index (χ0) is 43.2. The summed E-state index contributed by atoms with van der Waals surface area (Å²) in [6.07, 6.45) is 5.71. The third-order valence-corrected chi connectivity index (χ3v) is 11.9. The van der Waals surface area contributed by atoms with Crippen molar-refractivity contribution in [3.05, 3.63) is 198 Å². The standard InChI is InChI=1S/3C19H14NO.Ir/c3*1-12-10-17(20-11-13(12)2)16-8-5-7-15-14-6-3-4-9-18(14)21-19(15)16;/h3*3-7,9-11H,1-2H3;/q3*-1;+3. The number of benzene rings is 6. The molecule has 0 atom stereocenters. The molecule has 0 spiro atoms. The molecule has 7 heteroatoms. The number of hydrogen-bond acceptors (Lipinski definition) is 6. The smallest absolute Gasteiger partial charge is 0.501 e. The van der Waals surface area contributed by atoms with Gasteiger partial charge in [-0.3, -0.25) is 0 Å². The van der Waals surface area contributed by atoms with Crippen LogP contribution in [0.15, 0.2) is 159 Å². The van der Waals surface area contributed by atoms with Gasteiger partial charge >= 0.3 is 20.1 Å². The molecule has 6 nitrogen and oxygen atoms in total. The first-order valence-corrected chi connectivity index (χ1v) is 21.0. The molecule has 6 aromatic heterocycles. The molecule has 0 fully saturated rings. The van der Waals surface area contributed by atoms with E-state index in [9.17, 15) is 0 Å². The number of hydrogen-bond donors (Lipinski definition) is 0. The molecule has 312 valence electrons. The van der Waals surface area contributed by atoms with Gasteiger partial charge in [0.15, 0.2) is 0 Å². The van der Waals surface area contributed by atoms with Crippen LogP contribution in [-0.2, 0) is 20.1 Å². The van der Waals surface area contributed by atoms with Gasteiger partial charge in [0.05, 0.1) is 16.7 Å².